The topological polar surface area (TPSA) is 50.5 Å². The maximum absolute atomic E-state index is 12.9. The van der Waals surface area contributed by atoms with Gasteiger partial charge in [0.1, 0.15) is 11.5 Å². The number of thioether (sulfide) groups is 1. The molecule has 9 heteroatoms. The van der Waals surface area contributed by atoms with Crippen LogP contribution in [0.15, 0.2) is 70.0 Å². The highest BCUT2D eigenvalue weighted by Gasteiger charge is 2.35. The zero-order valence-electron chi connectivity index (χ0n) is 15.7. The molecular formula is C22H13ClF3NO3S. The molecule has 0 saturated carbocycles. The summed E-state index contributed by atoms with van der Waals surface area (Å²) < 4.78 is 44.4. The molecule has 31 heavy (non-hydrogen) atoms. The predicted molar refractivity (Wildman–Crippen MR) is 112 cm³/mol. The molecule has 2 amide bonds. The summed E-state index contributed by atoms with van der Waals surface area (Å²) in [5.74, 6) is -0.0110. The molecule has 0 N–H and O–H groups in total. The number of furan rings is 1. The Balaban J connectivity index is 1.54. The molecule has 2 aromatic carbocycles. The zero-order valence-corrected chi connectivity index (χ0v) is 17.2. The first-order valence-corrected chi connectivity index (χ1v) is 10.2. The van der Waals surface area contributed by atoms with E-state index in [-0.39, 0.29) is 28.5 Å². The van der Waals surface area contributed by atoms with E-state index in [0.717, 1.165) is 28.8 Å². The summed E-state index contributed by atoms with van der Waals surface area (Å²) in [7, 11) is 0. The lowest BCUT2D eigenvalue weighted by Crippen LogP contribution is -2.27. The number of benzene rings is 2. The van der Waals surface area contributed by atoms with Crippen LogP contribution in [0.4, 0.5) is 18.0 Å². The van der Waals surface area contributed by atoms with Gasteiger partial charge in [0.05, 0.1) is 17.0 Å². The van der Waals surface area contributed by atoms with Crippen molar-refractivity contribution in [3.63, 3.8) is 0 Å². The number of hydrogen-bond acceptors (Lipinski definition) is 4. The summed E-state index contributed by atoms with van der Waals surface area (Å²) in [6.45, 7) is 0.0796. The Morgan fingerprint density at radius 2 is 1.81 bits per heavy atom. The quantitative estimate of drug-likeness (QED) is 0.397. The van der Waals surface area contributed by atoms with Crippen LogP contribution in [0.3, 0.4) is 0 Å². The van der Waals surface area contributed by atoms with Crippen LogP contribution in [0.1, 0.15) is 16.9 Å². The number of imide groups is 1. The van der Waals surface area contributed by atoms with Gasteiger partial charge in [-0.05, 0) is 53.7 Å². The van der Waals surface area contributed by atoms with E-state index in [0.29, 0.717) is 10.6 Å². The van der Waals surface area contributed by atoms with E-state index in [1.165, 1.54) is 30.3 Å². The van der Waals surface area contributed by atoms with Crippen molar-refractivity contribution in [2.24, 2.45) is 0 Å². The number of rotatable bonds is 4. The standard InChI is InChI=1S/C22H13ClF3NO3S/c23-16-6-1-3-13(9-16)12-27-20(28)19(31-21(27)29)11-17-7-8-18(30-17)14-4-2-5-15(10-14)22(24,25)26/h1-11H,12H2/b19-11-. The molecule has 0 unspecified atom stereocenters. The molecule has 2 heterocycles. The second kappa shape index (κ2) is 8.28. The normalized spacial score (nSPS) is 15.9. The zero-order chi connectivity index (χ0) is 22.2. The van der Waals surface area contributed by atoms with Gasteiger partial charge in [-0.1, -0.05) is 35.9 Å². The Kier molecular flexibility index (Phi) is 5.68. The van der Waals surface area contributed by atoms with Gasteiger partial charge in [-0.3, -0.25) is 14.5 Å². The third kappa shape index (κ3) is 4.70. The third-order valence-electron chi connectivity index (χ3n) is 4.48. The van der Waals surface area contributed by atoms with Crippen molar-refractivity contribution < 1.29 is 27.2 Å². The van der Waals surface area contributed by atoms with Gasteiger partial charge in [0.2, 0.25) is 0 Å². The minimum Gasteiger partial charge on any atom is -0.457 e. The van der Waals surface area contributed by atoms with E-state index < -0.39 is 22.9 Å². The third-order valence-corrected chi connectivity index (χ3v) is 5.62. The van der Waals surface area contributed by atoms with Crippen LogP contribution in [0.25, 0.3) is 17.4 Å². The molecule has 0 aliphatic carbocycles. The number of amides is 2. The van der Waals surface area contributed by atoms with Gasteiger partial charge in [-0.15, -0.1) is 0 Å². The highest BCUT2D eigenvalue weighted by Crippen LogP contribution is 2.35. The summed E-state index contributed by atoms with van der Waals surface area (Å²) in [6.07, 6.45) is -3.06. The molecule has 1 aromatic heterocycles. The first-order chi connectivity index (χ1) is 14.7. The van der Waals surface area contributed by atoms with Crippen molar-refractivity contribution in [1.29, 1.82) is 0 Å². The number of hydrogen-bond donors (Lipinski definition) is 0. The largest absolute Gasteiger partial charge is 0.457 e. The van der Waals surface area contributed by atoms with Gasteiger partial charge in [-0.2, -0.15) is 13.2 Å². The monoisotopic (exact) mass is 463 g/mol. The molecule has 4 nitrogen and oxygen atoms in total. The molecule has 0 radical (unpaired) electrons. The average Bonchev–Trinajstić information content (AvgIpc) is 3.28. The SMILES string of the molecule is O=C1S/C(=C\c2ccc(-c3cccc(C(F)(F)F)c3)o2)C(=O)N1Cc1cccc(Cl)c1. The van der Waals surface area contributed by atoms with E-state index in [1.807, 2.05) is 0 Å². The minimum atomic E-state index is -4.47. The van der Waals surface area contributed by atoms with E-state index in [4.69, 9.17) is 16.0 Å². The van der Waals surface area contributed by atoms with Gasteiger partial charge in [-0.25, -0.2) is 0 Å². The molecular weight excluding hydrogens is 451 g/mol. The van der Waals surface area contributed by atoms with Crippen LogP contribution in [-0.4, -0.2) is 16.0 Å². The van der Waals surface area contributed by atoms with Gasteiger partial charge in [0, 0.05) is 16.7 Å². The minimum absolute atomic E-state index is 0.0796. The molecule has 4 rings (SSSR count). The van der Waals surface area contributed by atoms with E-state index in [1.54, 1.807) is 24.3 Å². The lowest BCUT2D eigenvalue weighted by atomic mass is 10.1. The number of alkyl halides is 3. The highest BCUT2D eigenvalue weighted by molar-refractivity contribution is 8.18. The summed E-state index contributed by atoms with van der Waals surface area (Å²) >= 11 is 6.71. The molecule has 1 aliphatic heterocycles. The first kappa shape index (κ1) is 21.3. The molecule has 0 atom stereocenters. The summed E-state index contributed by atoms with van der Waals surface area (Å²) in [6, 6.07) is 14.6. The molecule has 0 bridgehead atoms. The highest BCUT2D eigenvalue weighted by atomic mass is 35.5. The van der Waals surface area contributed by atoms with Crippen molar-refractivity contribution in [2.75, 3.05) is 0 Å². The second-order valence-corrected chi connectivity index (χ2v) is 8.11. The maximum Gasteiger partial charge on any atom is 0.416 e. The summed E-state index contributed by atoms with van der Waals surface area (Å²) in [4.78, 5) is 26.2. The summed E-state index contributed by atoms with van der Waals surface area (Å²) in [5, 5.41) is 0.0682. The smallest absolute Gasteiger partial charge is 0.416 e. The first-order valence-electron chi connectivity index (χ1n) is 8.98. The van der Waals surface area contributed by atoms with Gasteiger partial charge < -0.3 is 4.42 Å². The summed E-state index contributed by atoms with van der Waals surface area (Å²) in [5.41, 5.74) is 0.175. The molecule has 3 aromatic rings. The van der Waals surface area contributed by atoms with Crippen molar-refractivity contribution >= 4 is 40.6 Å². The predicted octanol–water partition coefficient (Wildman–Crippen LogP) is 6.86. The lowest BCUT2D eigenvalue weighted by molar-refractivity contribution is -0.137. The van der Waals surface area contributed by atoms with Gasteiger partial charge >= 0.3 is 6.18 Å². The number of carbonyl (C=O) groups excluding carboxylic acids is 2. The van der Waals surface area contributed by atoms with E-state index >= 15 is 0 Å². The number of nitrogens with zero attached hydrogens (tertiary/aromatic N) is 1. The fourth-order valence-corrected chi connectivity index (χ4v) is 4.05. The van der Waals surface area contributed by atoms with Crippen LogP contribution in [0.2, 0.25) is 5.02 Å². The van der Waals surface area contributed by atoms with Crippen LogP contribution >= 0.6 is 23.4 Å². The van der Waals surface area contributed by atoms with Crippen LogP contribution in [0.5, 0.6) is 0 Å². The van der Waals surface area contributed by atoms with E-state index in [2.05, 4.69) is 0 Å². The number of halogens is 4. The Hall–Kier alpha value is -2.97. The van der Waals surface area contributed by atoms with Crippen molar-refractivity contribution in [1.82, 2.24) is 4.90 Å². The fourth-order valence-electron chi connectivity index (χ4n) is 3.02. The van der Waals surface area contributed by atoms with Crippen LogP contribution < -0.4 is 0 Å². The Morgan fingerprint density at radius 1 is 1.03 bits per heavy atom. The molecule has 158 valence electrons. The molecule has 1 fully saturated rings. The Morgan fingerprint density at radius 3 is 2.55 bits per heavy atom. The maximum atomic E-state index is 12.9. The lowest BCUT2D eigenvalue weighted by Gasteiger charge is -2.12. The van der Waals surface area contributed by atoms with Crippen molar-refractivity contribution in [3.8, 4) is 11.3 Å². The molecule has 1 aliphatic rings. The van der Waals surface area contributed by atoms with Crippen molar-refractivity contribution in [3.05, 3.63) is 87.5 Å². The molecule has 1 saturated heterocycles. The fraction of sp³-hybridized carbons (Fsp3) is 0.0909. The Labute approximate surface area is 184 Å². The van der Waals surface area contributed by atoms with Crippen LogP contribution in [0, 0.1) is 0 Å². The van der Waals surface area contributed by atoms with Gasteiger partial charge in [0.25, 0.3) is 11.1 Å². The average molecular weight is 464 g/mol. The number of carbonyl (C=O) groups is 2. The second-order valence-electron chi connectivity index (χ2n) is 6.68. The van der Waals surface area contributed by atoms with Crippen molar-refractivity contribution in [2.45, 2.75) is 12.7 Å². The molecule has 0 spiro atoms. The van der Waals surface area contributed by atoms with Crippen LogP contribution in [-0.2, 0) is 17.5 Å². The van der Waals surface area contributed by atoms with Gasteiger partial charge in [0.15, 0.2) is 0 Å². The Bertz CT molecular complexity index is 1200. The van der Waals surface area contributed by atoms with E-state index in [9.17, 15) is 22.8 Å².